The van der Waals surface area contributed by atoms with E-state index in [2.05, 4.69) is 0 Å². The summed E-state index contributed by atoms with van der Waals surface area (Å²) in [5, 5.41) is 13.5. The van der Waals surface area contributed by atoms with E-state index in [0.717, 1.165) is 33.9 Å². The van der Waals surface area contributed by atoms with Crippen molar-refractivity contribution in [3.05, 3.63) is 66.4 Å². The van der Waals surface area contributed by atoms with Gasteiger partial charge >= 0.3 is 6.18 Å². The second-order valence-electron chi connectivity index (χ2n) is 7.45. The average molecular weight is 438 g/mol. The van der Waals surface area contributed by atoms with E-state index < -0.39 is 17.5 Å². The fourth-order valence-electron chi connectivity index (χ4n) is 4.10. The monoisotopic (exact) mass is 438 g/mol. The molecule has 1 heterocycles. The van der Waals surface area contributed by atoms with E-state index in [1.165, 1.54) is 0 Å². The number of alkyl halides is 3. The maximum atomic E-state index is 13.1. The minimum Gasteiger partial charge on any atom is -0.507 e. The van der Waals surface area contributed by atoms with E-state index in [1.807, 2.05) is 24.3 Å². The van der Waals surface area contributed by atoms with Gasteiger partial charge in [0.05, 0.1) is 26.0 Å². The summed E-state index contributed by atoms with van der Waals surface area (Å²) in [5.41, 5.74) is 1.15. The summed E-state index contributed by atoms with van der Waals surface area (Å²) in [4.78, 5) is 0. The van der Waals surface area contributed by atoms with Crippen LogP contribution in [-0.4, -0.2) is 19.3 Å². The highest BCUT2D eigenvalue weighted by molar-refractivity contribution is 6.12. The number of furan rings is 1. The lowest BCUT2D eigenvalue weighted by atomic mass is 9.93. The molecule has 0 saturated carbocycles. The second kappa shape index (κ2) is 7.09. The molecule has 32 heavy (non-hydrogen) atoms. The lowest BCUT2D eigenvalue weighted by molar-refractivity contribution is -0.137. The van der Waals surface area contributed by atoms with Crippen molar-refractivity contribution in [1.82, 2.24) is 0 Å². The largest absolute Gasteiger partial charge is 0.507 e. The van der Waals surface area contributed by atoms with Crippen molar-refractivity contribution < 1.29 is 32.2 Å². The second-order valence-corrected chi connectivity index (χ2v) is 7.45. The van der Waals surface area contributed by atoms with Gasteiger partial charge in [-0.15, -0.1) is 0 Å². The number of methoxy groups -OCH3 is 2. The number of phenols is 1. The summed E-state index contributed by atoms with van der Waals surface area (Å²) in [6.07, 6.45) is -2.97. The number of hydrogen-bond donors (Lipinski definition) is 1. The highest BCUT2D eigenvalue weighted by Gasteiger charge is 2.31. The number of benzene rings is 4. The molecule has 1 N–H and O–H groups in total. The third-order valence-corrected chi connectivity index (χ3v) is 5.61. The van der Waals surface area contributed by atoms with Crippen LogP contribution in [0, 0.1) is 0 Å². The maximum absolute atomic E-state index is 13.1. The molecule has 0 atom stereocenters. The minimum absolute atomic E-state index is 0.288. The van der Waals surface area contributed by atoms with Gasteiger partial charge in [-0.2, -0.15) is 13.2 Å². The summed E-state index contributed by atoms with van der Waals surface area (Å²) in [7, 11) is 3.10. The SMILES string of the molecule is COc1cc2cc3ccoc3c(-c3ccc4cc(C(F)(F)F)cc(O)c4c3)c2cc1OC. The first-order valence-electron chi connectivity index (χ1n) is 9.70. The summed E-state index contributed by atoms with van der Waals surface area (Å²) in [5.74, 6) is 0.669. The Hall–Kier alpha value is -3.87. The van der Waals surface area contributed by atoms with E-state index in [9.17, 15) is 18.3 Å². The van der Waals surface area contributed by atoms with Gasteiger partial charge in [0.1, 0.15) is 11.3 Å². The third kappa shape index (κ3) is 3.09. The van der Waals surface area contributed by atoms with Crippen LogP contribution in [0.3, 0.4) is 0 Å². The van der Waals surface area contributed by atoms with Gasteiger partial charge in [-0.3, -0.25) is 0 Å². The van der Waals surface area contributed by atoms with Gasteiger partial charge in [-0.25, -0.2) is 0 Å². The highest BCUT2D eigenvalue weighted by Crippen LogP contribution is 2.43. The highest BCUT2D eigenvalue weighted by atomic mass is 19.4. The van der Waals surface area contributed by atoms with Crippen molar-refractivity contribution in [2.24, 2.45) is 0 Å². The third-order valence-electron chi connectivity index (χ3n) is 5.61. The summed E-state index contributed by atoms with van der Waals surface area (Å²) < 4.78 is 56.1. The van der Waals surface area contributed by atoms with Crippen LogP contribution >= 0.6 is 0 Å². The predicted octanol–water partition coefficient (Wildman–Crippen LogP) is 7.15. The molecule has 0 amide bonds. The fraction of sp³-hybridized carbons (Fsp3) is 0.120. The van der Waals surface area contributed by atoms with Gasteiger partial charge < -0.3 is 19.0 Å². The van der Waals surface area contributed by atoms with Gasteiger partial charge in [0, 0.05) is 16.3 Å². The fourth-order valence-corrected chi connectivity index (χ4v) is 4.10. The Kier molecular flexibility index (Phi) is 4.44. The lowest BCUT2D eigenvalue weighted by Crippen LogP contribution is -2.04. The molecule has 0 saturated heterocycles. The molecule has 162 valence electrons. The van der Waals surface area contributed by atoms with Crippen LogP contribution in [0.2, 0.25) is 0 Å². The van der Waals surface area contributed by atoms with E-state index in [-0.39, 0.29) is 5.39 Å². The topological polar surface area (TPSA) is 51.8 Å². The average Bonchev–Trinajstić information content (AvgIpc) is 3.23. The van der Waals surface area contributed by atoms with Gasteiger partial charge in [-0.05, 0) is 64.2 Å². The Bertz CT molecular complexity index is 1500. The molecular weight excluding hydrogens is 421 g/mol. The van der Waals surface area contributed by atoms with E-state index in [1.54, 1.807) is 38.7 Å². The van der Waals surface area contributed by atoms with Crippen LogP contribution < -0.4 is 9.47 Å². The van der Waals surface area contributed by atoms with Gasteiger partial charge in [-0.1, -0.05) is 12.1 Å². The smallest absolute Gasteiger partial charge is 0.416 e. The van der Waals surface area contributed by atoms with Crippen LogP contribution in [0.4, 0.5) is 13.2 Å². The lowest BCUT2D eigenvalue weighted by Gasteiger charge is -2.14. The van der Waals surface area contributed by atoms with Crippen molar-refractivity contribution in [2.75, 3.05) is 14.2 Å². The Morgan fingerprint density at radius 2 is 1.53 bits per heavy atom. The predicted molar refractivity (Wildman–Crippen MR) is 116 cm³/mol. The molecule has 0 aliphatic carbocycles. The van der Waals surface area contributed by atoms with E-state index >= 15 is 0 Å². The molecule has 5 aromatic rings. The first-order chi connectivity index (χ1) is 15.3. The Balaban J connectivity index is 1.83. The van der Waals surface area contributed by atoms with E-state index in [0.29, 0.717) is 28.0 Å². The molecule has 0 fully saturated rings. The minimum atomic E-state index is -4.55. The zero-order chi connectivity index (χ0) is 22.6. The van der Waals surface area contributed by atoms with E-state index in [4.69, 9.17) is 13.9 Å². The van der Waals surface area contributed by atoms with Crippen LogP contribution in [0.5, 0.6) is 17.2 Å². The summed E-state index contributed by atoms with van der Waals surface area (Å²) in [6.45, 7) is 0. The molecule has 0 aliphatic rings. The molecular formula is C25H17F3O4. The standard InChI is InChI=1S/C25H17F3O4/c1-30-21-10-16-7-15-5-6-32-24(15)23(19(16)12-22(21)31-2)14-4-3-13-8-17(25(26,27)28)11-20(29)18(13)9-14/h3-12,29H,1-2H3. The number of halogens is 3. The molecule has 0 aliphatic heterocycles. The maximum Gasteiger partial charge on any atom is 0.416 e. The molecule has 0 spiro atoms. The van der Waals surface area contributed by atoms with Crippen molar-refractivity contribution in [3.63, 3.8) is 0 Å². The first-order valence-corrected chi connectivity index (χ1v) is 9.70. The number of rotatable bonds is 3. The van der Waals surface area contributed by atoms with Crippen LogP contribution in [-0.2, 0) is 6.18 Å². The number of hydrogen-bond acceptors (Lipinski definition) is 4. The first kappa shape index (κ1) is 20.1. The number of phenolic OH excluding ortho intramolecular Hbond substituents is 1. The van der Waals surface area contributed by atoms with Crippen molar-refractivity contribution >= 4 is 32.5 Å². The Labute approximate surface area is 180 Å². The quantitative estimate of drug-likeness (QED) is 0.325. The molecule has 4 nitrogen and oxygen atoms in total. The summed E-state index contributed by atoms with van der Waals surface area (Å²) >= 11 is 0. The van der Waals surface area contributed by atoms with Crippen molar-refractivity contribution in [3.8, 4) is 28.4 Å². The zero-order valence-electron chi connectivity index (χ0n) is 17.1. The van der Waals surface area contributed by atoms with Gasteiger partial charge in [0.15, 0.2) is 11.5 Å². The van der Waals surface area contributed by atoms with Gasteiger partial charge in [0.25, 0.3) is 0 Å². The zero-order valence-corrected chi connectivity index (χ0v) is 17.1. The Morgan fingerprint density at radius 1 is 0.781 bits per heavy atom. The number of fused-ring (bicyclic) bond motifs is 3. The molecule has 0 unspecified atom stereocenters. The molecule has 0 radical (unpaired) electrons. The number of ether oxygens (including phenoxy) is 2. The molecule has 4 aromatic carbocycles. The molecule has 1 aromatic heterocycles. The van der Waals surface area contributed by atoms with Crippen molar-refractivity contribution in [2.45, 2.75) is 6.18 Å². The number of aromatic hydroxyl groups is 1. The van der Waals surface area contributed by atoms with Crippen LogP contribution in [0.15, 0.2) is 65.3 Å². The normalized spacial score (nSPS) is 12.0. The van der Waals surface area contributed by atoms with Crippen LogP contribution in [0.25, 0.3) is 43.6 Å². The van der Waals surface area contributed by atoms with Gasteiger partial charge in [0.2, 0.25) is 0 Å². The van der Waals surface area contributed by atoms with Crippen LogP contribution in [0.1, 0.15) is 5.56 Å². The summed E-state index contributed by atoms with van der Waals surface area (Å²) in [6, 6.07) is 14.2. The Morgan fingerprint density at radius 3 is 2.25 bits per heavy atom. The van der Waals surface area contributed by atoms with Crippen molar-refractivity contribution in [1.29, 1.82) is 0 Å². The molecule has 0 bridgehead atoms. The molecule has 5 rings (SSSR count). The molecule has 7 heteroatoms.